The van der Waals surface area contributed by atoms with E-state index in [2.05, 4.69) is 0 Å². The van der Waals surface area contributed by atoms with Gasteiger partial charge in [-0.25, -0.2) is 0 Å². The molecule has 0 nitrogen and oxygen atoms in total. The lowest BCUT2D eigenvalue weighted by Gasteiger charge is -2.12. The van der Waals surface area contributed by atoms with E-state index in [9.17, 15) is 13.2 Å². The first-order valence-corrected chi connectivity index (χ1v) is 4.63. The molecule has 0 radical (unpaired) electrons. The van der Waals surface area contributed by atoms with Gasteiger partial charge in [0.2, 0.25) is 0 Å². The summed E-state index contributed by atoms with van der Waals surface area (Å²) < 4.78 is 37.1. The highest BCUT2D eigenvalue weighted by molar-refractivity contribution is 6.17. The Morgan fingerprint density at radius 3 is 2.21 bits per heavy atom. The summed E-state index contributed by atoms with van der Waals surface area (Å²) in [5.41, 5.74) is 1.36. The first-order chi connectivity index (χ1) is 6.36. The molecule has 0 aliphatic carbocycles. The maximum atomic E-state index is 12.4. The number of rotatable bonds is 1. The monoisotopic (exact) mass is 222 g/mol. The second kappa shape index (κ2) is 3.81. The first-order valence-electron chi connectivity index (χ1n) is 4.09. The van der Waals surface area contributed by atoms with E-state index in [0.29, 0.717) is 11.1 Å². The van der Waals surface area contributed by atoms with Crippen molar-refractivity contribution in [2.45, 2.75) is 25.9 Å². The lowest BCUT2D eigenvalue weighted by Crippen LogP contribution is -2.07. The van der Waals surface area contributed by atoms with Crippen LogP contribution >= 0.6 is 11.6 Å². The van der Waals surface area contributed by atoms with Gasteiger partial charge < -0.3 is 0 Å². The Bertz CT molecular complexity index is 342. The van der Waals surface area contributed by atoms with Gasteiger partial charge >= 0.3 is 6.18 Å². The highest BCUT2D eigenvalue weighted by Gasteiger charge is 2.31. The van der Waals surface area contributed by atoms with Crippen LogP contribution in [-0.2, 0) is 12.1 Å². The third-order valence-electron chi connectivity index (χ3n) is 2.25. The Hall–Kier alpha value is -0.700. The lowest BCUT2D eigenvalue weighted by molar-refractivity contribution is -0.137. The molecule has 0 unspecified atom stereocenters. The minimum atomic E-state index is -4.29. The molecule has 1 aromatic carbocycles. The molecule has 0 aliphatic rings. The van der Waals surface area contributed by atoms with Crippen LogP contribution < -0.4 is 0 Å². The fraction of sp³-hybridized carbons (Fsp3) is 0.400. The largest absolute Gasteiger partial charge is 0.416 e. The number of halogens is 4. The van der Waals surface area contributed by atoms with Crippen molar-refractivity contribution in [2.75, 3.05) is 0 Å². The molecule has 0 spiro atoms. The van der Waals surface area contributed by atoms with Crippen molar-refractivity contribution in [3.05, 3.63) is 34.4 Å². The highest BCUT2D eigenvalue weighted by atomic mass is 35.5. The zero-order valence-electron chi connectivity index (χ0n) is 7.87. The average Bonchev–Trinajstić information content (AvgIpc) is 2.07. The van der Waals surface area contributed by atoms with E-state index in [-0.39, 0.29) is 5.88 Å². The van der Waals surface area contributed by atoms with Crippen LogP contribution in [0.2, 0.25) is 0 Å². The number of alkyl halides is 4. The van der Waals surface area contributed by atoms with E-state index < -0.39 is 11.7 Å². The second-order valence-corrected chi connectivity index (χ2v) is 3.48. The van der Waals surface area contributed by atoms with Gasteiger partial charge in [-0.2, -0.15) is 13.2 Å². The van der Waals surface area contributed by atoms with Gasteiger partial charge in [0.15, 0.2) is 0 Å². The van der Waals surface area contributed by atoms with Crippen molar-refractivity contribution in [3.8, 4) is 0 Å². The van der Waals surface area contributed by atoms with Crippen LogP contribution in [0.3, 0.4) is 0 Å². The molecule has 14 heavy (non-hydrogen) atoms. The number of hydrogen-bond acceptors (Lipinski definition) is 0. The maximum absolute atomic E-state index is 12.4. The molecule has 0 saturated carbocycles. The van der Waals surface area contributed by atoms with Crippen molar-refractivity contribution in [3.63, 3.8) is 0 Å². The van der Waals surface area contributed by atoms with E-state index >= 15 is 0 Å². The molecule has 0 amide bonds. The molecule has 0 atom stereocenters. The van der Waals surface area contributed by atoms with Crippen LogP contribution in [0.4, 0.5) is 13.2 Å². The quantitative estimate of drug-likeness (QED) is 0.629. The zero-order chi connectivity index (χ0) is 10.9. The van der Waals surface area contributed by atoms with Gasteiger partial charge in [-0.3, -0.25) is 0 Å². The topological polar surface area (TPSA) is 0 Å². The molecule has 0 saturated heterocycles. The van der Waals surface area contributed by atoms with Crippen LogP contribution in [0.5, 0.6) is 0 Å². The Kier molecular flexibility index (Phi) is 3.10. The Morgan fingerprint density at radius 1 is 1.21 bits per heavy atom. The SMILES string of the molecule is Cc1cc(C(F)(F)F)cc(CCl)c1C. The normalized spacial score (nSPS) is 11.9. The zero-order valence-corrected chi connectivity index (χ0v) is 8.63. The van der Waals surface area contributed by atoms with Crippen LogP contribution in [-0.4, -0.2) is 0 Å². The minimum Gasteiger partial charge on any atom is -0.166 e. The molecule has 0 aromatic heterocycles. The van der Waals surface area contributed by atoms with Crippen LogP contribution in [0.25, 0.3) is 0 Å². The van der Waals surface area contributed by atoms with Crippen molar-refractivity contribution >= 4 is 11.6 Å². The van der Waals surface area contributed by atoms with E-state index in [0.717, 1.165) is 17.7 Å². The van der Waals surface area contributed by atoms with Gasteiger partial charge in [-0.15, -0.1) is 11.6 Å². The van der Waals surface area contributed by atoms with Crippen molar-refractivity contribution < 1.29 is 13.2 Å². The summed E-state index contributed by atoms with van der Waals surface area (Å²) in [5, 5.41) is 0. The van der Waals surface area contributed by atoms with Gasteiger partial charge in [0.25, 0.3) is 0 Å². The number of benzene rings is 1. The van der Waals surface area contributed by atoms with Crippen LogP contribution in [0.15, 0.2) is 12.1 Å². The second-order valence-electron chi connectivity index (χ2n) is 3.21. The summed E-state index contributed by atoms with van der Waals surface area (Å²) in [6.45, 7) is 3.42. The van der Waals surface area contributed by atoms with Gasteiger partial charge in [0, 0.05) is 5.88 Å². The summed E-state index contributed by atoms with van der Waals surface area (Å²) in [6.07, 6.45) is -4.29. The molecular weight excluding hydrogens is 213 g/mol. The molecule has 0 bridgehead atoms. The van der Waals surface area contributed by atoms with Crippen molar-refractivity contribution in [1.29, 1.82) is 0 Å². The molecular formula is C10H10ClF3. The third-order valence-corrected chi connectivity index (χ3v) is 2.53. The lowest BCUT2D eigenvalue weighted by atomic mass is 10.0. The highest BCUT2D eigenvalue weighted by Crippen LogP contribution is 2.32. The van der Waals surface area contributed by atoms with Crippen LogP contribution in [0, 0.1) is 13.8 Å². The molecule has 1 aromatic rings. The average molecular weight is 223 g/mol. The fourth-order valence-electron chi connectivity index (χ4n) is 1.23. The predicted octanol–water partition coefficient (Wildman–Crippen LogP) is 4.06. The number of hydrogen-bond donors (Lipinski definition) is 0. The molecule has 0 heterocycles. The molecule has 0 aliphatic heterocycles. The van der Waals surface area contributed by atoms with E-state index in [4.69, 9.17) is 11.6 Å². The summed E-state index contributed by atoms with van der Waals surface area (Å²) in [6, 6.07) is 2.25. The molecule has 1 rings (SSSR count). The summed E-state index contributed by atoms with van der Waals surface area (Å²) in [4.78, 5) is 0. The molecule has 0 fully saturated rings. The van der Waals surface area contributed by atoms with E-state index in [1.165, 1.54) is 0 Å². The van der Waals surface area contributed by atoms with Crippen molar-refractivity contribution in [1.82, 2.24) is 0 Å². The molecule has 4 heteroatoms. The van der Waals surface area contributed by atoms with Crippen LogP contribution in [0.1, 0.15) is 22.3 Å². The van der Waals surface area contributed by atoms with E-state index in [1.807, 2.05) is 0 Å². The first kappa shape index (κ1) is 11.4. The smallest absolute Gasteiger partial charge is 0.166 e. The van der Waals surface area contributed by atoms with Gasteiger partial charge in [-0.05, 0) is 42.7 Å². The molecule has 0 N–H and O–H groups in total. The fourth-order valence-corrected chi connectivity index (χ4v) is 1.51. The molecule has 78 valence electrons. The Balaban J connectivity index is 3.30. The van der Waals surface area contributed by atoms with Gasteiger partial charge in [0.1, 0.15) is 0 Å². The summed E-state index contributed by atoms with van der Waals surface area (Å²) >= 11 is 5.56. The Labute approximate surface area is 85.7 Å². The summed E-state index contributed by atoms with van der Waals surface area (Å²) in [5.74, 6) is 0.108. The number of aryl methyl sites for hydroxylation is 1. The third kappa shape index (κ3) is 2.21. The van der Waals surface area contributed by atoms with Crippen molar-refractivity contribution in [2.24, 2.45) is 0 Å². The predicted molar refractivity (Wildman–Crippen MR) is 50.5 cm³/mol. The maximum Gasteiger partial charge on any atom is 0.416 e. The van der Waals surface area contributed by atoms with Gasteiger partial charge in [-0.1, -0.05) is 0 Å². The van der Waals surface area contributed by atoms with Gasteiger partial charge in [0.05, 0.1) is 5.56 Å². The summed E-state index contributed by atoms with van der Waals surface area (Å²) in [7, 11) is 0. The Morgan fingerprint density at radius 2 is 1.79 bits per heavy atom. The minimum absolute atomic E-state index is 0.108. The standard InChI is InChI=1S/C10H10ClF3/c1-6-3-9(10(12,13)14)4-8(5-11)7(6)2/h3-4H,5H2,1-2H3. The van der Waals surface area contributed by atoms with E-state index in [1.54, 1.807) is 13.8 Å².